The van der Waals surface area contributed by atoms with Gasteiger partial charge in [-0.3, -0.25) is 4.79 Å². The van der Waals surface area contributed by atoms with Gasteiger partial charge in [0.05, 0.1) is 5.41 Å². The van der Waals surface area contributed by atoms with Crippen molar-refractivity contribution < 1.29 is 14.3 Å². The molecule has 0 spiro atoms. The normalized spacial score (nSPS) is 13.5. The number of carbonyl (C=O) groups is 1. The number of benzene rings is 1. The maximum Gasteiger partial charge on any atom is 0.231 e. The predicted molar refractivity (Wildman–Crippen MR) is 68.9 cm³/mol. The fourth-order valence-electron chi connectivity index (χ4n) is 1.53. The Bertz CT molecular complexity index is 460. The van der Waals surface area contributed by atoms with Gasteiger partial charge in [-0.1, -0.05) is 6.07 Å². The number of nitrogens with one attached hydrogen (secondary N) is 1. The average Bonchev–Trinajstić information content (AvgIpc) is 2.83. The number of rotatable bonds is 4. The molecule has 1 amide bonds. The van der Waals surface area contributed by atoms with Crippen LogP contribution in [-0.4, -0.2) is 18.6 Å². The van der Waals surface area contributed by atoms with E-state index < -0.39 is 5.41 Å². The van der Waals surface area contributed by atoms with Crippen LogP contribution in [-0.2, 0) is 11.3 Å². The van der Waals surface area contributed by atoms with Gasteiger partial charge in [0.1, 0.15) is 0 Å². The van der Waals surface area contributed by atoms with Crippen LogP contribution in [0.15, 0.2) is 18.2 Å². The van der Waals surface area contributed by atoms with Crippen LogP contribution in [0.3, 0.4) is 0 Å². The highest BCUT2D eigenvalue weighted by Crippen LogP contribution is 2.32. The quantitative estimate of drug-likeness (QED) is 0.853. The number of fused-ring (bicyclic) bond motifs is 1. The van der Waals surface area contributed by atoms with Crippen LogP contribution in [0.1, 0.15) is 19.4 Å². The smallest absolute Gasteiger partial charge is 0.231 e. The van der Waals surface area contributed by atoms with Crippen LogP contribution in [0.25, 0.3) is 0 Å². The van der Waals surface area contributed by atoms with Crippen molar-refractivity contribution in [1.29, 1.82) is 0 Å². The van der Waals surface area contributed by atoms with Crippen LogP contribution in [0.4, 0.5) is 0 Å². The van der Waals surface area contributed by atoms with E-state index in [1.807, 2.05) is 32.0 Å². The lowest BCUT2D eigenvalue weighted by molar-refractivity contribution is -0.128. The lowest BCUT2D eigenvalue weighted by Crippen LogP contribution is -2.37. The van der Waals surface area contributed by atoms with E-state index in [1.54, 1.807) is 0 Å². The molecule has 18 heavy (non-hydrogen) atoms. The molecule has 0 aromatic heterocycles. The van der Waals surface area contributed by atoms with Gasteiger partial charge in [0.2, 0.25) is 12.7 Å². The Morgan fingerprint density at radius 1 is 1.39 bits per heavy atom. The molecular weight excluding hydrogens is 254 g/mol. The molecule has 0 saturated carbocycles. The van der Waals surface area contributed by atoms with Crippen LogP contribution in [0.5, 0.6) is 11.5 Å². The molecule has 0 bridgehead atoms. The molecule has 5 heteroatoms. The van der Waals surface area contributed by atoms with Crippen LogP contribution >= 0.6 is 11.6 Å². The van der Waals surface area contributed by atoms with Crippen molar-refractivity contribution in [1.82, 2.24) is 5.32 Å². The molecule has 0 radical (unpaired) electrons. The minimum atomic E-state index is -0.558. The first kappa shape index (κ1) is 13.0. The fraction of sp³-hybridized carbons (Fsp3) is 0.462. The molecule has 1 aliphatic heterocycles. The first-order chi connectivity index (χ1) is 8.53. The van der Waals surface area contributed by atoms with Gasteiger partial charge in [0, 0.05) is 12.4 Å². The van der Waals surface area contributed by atoms with Crippen molar-refractivity contribution in [3.8, 4) is 11.5 Å². The molecule has 1 aliphatic rings. The molecule has 1 aromatic carbocycles. The van der Waals surface area contributed by atoms with Gasteiger partial charge in [-0.15, -0.1) is 11.6 Å². The molecule has 1 N–H and O–H groups in total. The third-order valence-electron chi connectivity index (χ3n) is 2.84. The lowest BCUT2D eigenvalue weighted by Gasteiger charge is -2.20. The molecule has 2 rings (SSSR count). The topological polar surface area (TPSA) is 47.6 Å². The Morgan fingerprint density at radius 2 is 2.11 bits per heavy atom. The van der Waals surface area contributed by atoms with Crippen LogP contribution in [0.2, 0.25) is 0 Å². The summed E-state index contributed by atoms with van der Waals surface area (Å²) in [6.07, 6.45) is 0. The molecule has 1 aromatic rings. The Labute approximate surface area is 111 Å². The summed E-state index contributed by atoms with van der Waals surface area (Å²) in [7, 11) is 0. The van der Waals surface area contributed by atoms with E-state index in [-0.39, 0.29) is 12.7 Å². The number of amides is 1. The molecule has 4 nitrogen and oxygen atoms in total. The molecule has 0 fully saturated rings. The Balaban J connectivity index is 1.97. The zero-order valence-electron chi connectivity index (χ0n) is 10.5. The van der Waals surface area contributed by atoms with Gasteiger partial charge in [-0.25, -0.2) is 0 Å². The number of halogens is 1. The first-order valence-electron chi connectivity index (χ1n) is 5.76. The monoisotopic (exact) mass is 269 g/mol. The number of hydrogen-bond acceptors (Lipinski definition) is 3. The lowest BCUT2D eigenvalue weighted by atomic mass is 9.95. The standard InChI is InChI=1S/C13H16ClNO3/c1-13(2,7-14)12(16)15-6-9-3-4-10-11(5-9)18-8-17-10/h3-5H,6-8H2,1-2H3,(H,15,16). The molecule has 0 unspecified atom stereocenters. The summed E-state index contributed by atoms with van der Waals surface area (Å²) in [4.78, 5) is 11.9. The third kappa shape index (κ3) is 2.70. The second kappa shape index (κ2) is 5.06. The summed E-state index contributed by atoms with van der Waals surface area (Å²) in [6, 6.07) is 5.62. The summed E-state index contributed by atoms with van der Waals surface area (Å²) in [6.45, 7) is 4.34. The fourth-order valence-corrected chi connectivity index (χ4v) is 1.65. The Hall–Kier alpha value is -1.42. The van der Waals surface area contributed by atoms with E-state index in [0.717, 1.165) is 17.1 Å². The number of carbonyl (C=O) groups excluding carboxylic acids is 1. The van der Waals surface area contributed by atoms with Crippen LogP contribution in [0, 0.1) is 5.41 Å². The minimum absolute atomic E-state index is 0.0600. The number of alkyl halides is 1. The van der Waals surface area contributed by atoms with E-state index >= 15 is 0 Å². The van der Waals surface area contributed by atoms with Gasteiger partial charge >= 0.3 is 0 Å². The van der Waals surface area contributed by atoms with E-state index in [0.29, 0.717) is 12.4 Å². The molecule has 0 aliphatic carbocycles. The zero-order chi connectivity index (χ0) is 13.2. The van der Waals surface area contributed by atoms with Crippen LogP contribution < -0.4 is 14.8 Å². The molecule has 1 heterocycles. The highest BCUT2D eigenvalue weighted by atomic mass is 35.5. The Kier molecular flexibility index (Phi) is 3.66. The summed E-state index contributed by atoms with van der Waals surface area (Å²) >= 11 is 5.75. The minimum Gasteiger partial charge on any atom is -0.454 e. The molecule has 0 atom stereocenters. The van der Waals surface area contributed by atoms with E-state index in [9.17, 15) is 4.79 Å². The van der Waals surface area contributed by atoms with Crippen molar-refractivity contribution in [2.45, 2.75) is 20.4 Å². The second-order valence-electron chi connectivity index (χ2n) is 4.89. The van der Waals surface area contributed by atoms with E-state index in [1.165, 1.54) is 0 Å². The second-order valence-corrected chi connectivity index (χ2v) is 5.16. The van der Waals surface area contributed by atoms with Gasteiger partial charge in [-0.05, 0) is 31.5 Å². The van der Waals surface area contributed by atoms with Gasteiger partial charge in [0.25, 0.3) is 0 Å². The Morgan fingerprint density at radius 3 is 2.83 bits per heavy atom. The summed E-state index contributed by atoms with van der Waals surface area (Å²) < 4.78 is 10.5. The van der Waals surface area contributed by atoms with E-state index in [2.05, 4.69) is 5.32 Å². The first-order valence-corrected chi connectivity index (χ1v) is 6.29. The van der Waals surface area contributed by atoms with Gasteiger partial charge in [0.15, 0.2) is 11.5 Å². The number of ether oxygens (including phenoxy) is 2. The van der Waals surface area contributed by atoms with Crippen molar-refractivity contribution in [2.24, 2.45) is 5.41 Å². The highest BCUT2D eigenvalue weighted by Gasteiger charge is 2.26. The predicted octanol–water partition coefficient (Wildman–Crippen LogP) is 2.30. The molecule has 98 valence electrons. The summed E-state index contributed by atoms with van der Waals surface area (Å²) in [5.41, 5.74) is 0.413. The molecular formula is C13H16ClNO3. The zero-order valence-corrected chi connectivity index (χ0v) is 11.2. The summed E-state index contributed by atoms with van der Waals surface area (Å²) in [5, 5.41) is 2.86. The van der Waals surface area contributed by atoms with Crippen molar-refractivity contribution in [3.05, 3.63) is 23.8 Å². The number of hydrogen-bond donors (Lipinski definition) is 1. The van der Waals surface area contributed by atoms with Crippen molar-refractivity contribution in [3.63, 3.8) is 0 Å². The SMILES string of the molecule is CC(C)(CCl)C(=O)NCc1ccc2c(c1)OCO2. The van der Waals surface area contributed by atoms with Gasteiger partial charge in [-0.2, -0.15) is 0 Å². The third-order valence-corrected chi connectivity index (χ3v) is 3.51. The maximum absolute atomic E-state index is 11.9. The van der Waals surface area contributed by atoms with Crippen molar-refractivity contribution in [2.75, 3.05) is 12.7 Å². The van der Waals surface area contributed by atoms with Crippen molar-refractivity contribution >= 4 is 17.5 Å². The maximum atomic E-state index is 11.9. The average molecular weight is 270 g/mol. The highest BCUT2D eigenvalue weighted by molar-refractivity contribution is 6.19. The molecule has 0 saturated heterocycles. The van der Waals surface area contributed by atoms with E-state index in [4.69, 9.17) is 21.1 Å². The summed E-state index contributed by atoms with van der Waals surface area (Å²) in [5.74, 6) is 1.69. The largest absolute Gasteiger partial charge is 0.454 e. The van der Waals surface area contributed by atoms with Gasteiger partial charge < -0.3 is 14.8 Å².